The van der Waals surface area contributed by atoms with Crippen molar-refractivity contribution < 1.29 is 42.9 Å². The highest BCUT2D eigenvalue weighted by atomic mass is 16.6. The maximum atomic E-state index is 13.8. The number of rotatable bonds is 12. The predicted molar refractivity (Wildman–Crippen MR) is 143 cm³/mol. The molecule has 2 unspecified atom stereocenters. The Morgan fingerprint density at radius 3 is 2.20 bits per heavy atom. The number of hydrogen-bond donors (Lipinski definition) is 3. The standard InChI is InChI=1S/C28H31N3O9/c1-6-37-22(32)16-38-21-14-12-19(13-15-21)23(33)18(4)31-26(35)28(40-24(34)17(2)3,20-10-8-7-9-11-20)25(29)39-27(36)30-5/h7-15,18,29H,2,6,16H2,1,3-5H3,(H,30,36)(H,31,35). The fourth-order valence-electron chi connectivity index (χ4n) is 3.31. The van der Waals surface area contributed by atoms with Gasteiger partial charge < -0.3 is 29.6 Å². The second-order valence-corrected chi connectivity index (χ2v) is 8.36. The molecular weight excluding hydrogens is 522 g/mol. The zero-order valence-electron chi connectivity index (χ0n) is 22.6. The lowest BCUT2D eigenvalue weighted by molar-refractivity contribution is -0.160. The van der Waals surface area contributed by atoms with E-state index in [1.807, 2.05) is 0 Å². The maximum Gasteiger partial charge on any atom is 0.413 e. The average Bonchev–Trinajstić information content (AvgIpc) is 2.94. The third-order valence-electron chi connectivity index (χ3n) is 5.35. The molecule has 0 spiro atoms. The molecule has 12 nitrogen and oxygen atoms in total. The van der Waals surface area contributed by atoms with Gasteiger partial charge in [-0.25, -0.2) is 14.4 Å². The molecule has 0 fully saturated rings. The lowest BCUT2D eigenvalue weighted by Crippen LogP contribution is -2.57. The summed E-state index contributed by atoms with van der Waals surface area (Å²) in [5.41, 5.74) is -2.49. The average molecular weight is 554 g/mol. The van der Waals surface area contributed by atoms with Crippen molar-refractivity contribution in [2.45, 2.75) is 32.4 Å². The van der Waals surface area contributed by atoms with E-state index in [2.05, 4.69) is 17.2 Å². The Balaban J connectivity index is 2.36. The van der Waals surface area contributed by atoms with Crippen molar-refractivity contribution in [2.24, 2.45) is 0 Å². The van der Waals surface area contributed by atoms with Gasteiger partial charge in [-0.2, -0.15) is 0 Å². The van der Waals surface area contributed by atoms with Gasteiger partial charge >= 0.3 is 18.0 Å². The van der Waals surface area contributed by atoms with Crippen molar-refractivity contribution in [3.8, 4) is 5.75 Å². The molecule has 2 aromatic carbocycles. The molecule has 2 atom stereocenters. The number of carbonyl (C=O) groups is 5. The SMILES string of the molecule is C=C(C)C(=O)OC(C(=N)OC(=O)NC)(C(=O)NC(C)C(=O)c1ccc(OCC(=O)OCC)cc1)c1ccccc1. The fourth-order valence-corrected chi connectivity index (χ4v) is 3.31. The summed E-state index contributed by atoms with van der Waals surface area (Å²) in [5.74, 6) is -3.93. The van der Waals surface area contributed by atoms with Crippen molar-refractivity contribution in [1.82, 2.24) is 10.6 Å². The third kappa shape index (κ3) is 7.76. The van der Waals surface area contributed by atoms with Crippen molar-refractivity contribution >= 4 is 35.6 Å². The van der Waals surface area contributed by atoms with E-state index in [0.717, 1.165) is 0 Å². The number of Topliss-reactive ketones (excluding diaryl/α,β-unsaturated/α-hetero) is 1. The Hall–Kier alpha value is -5.00. The highest BCUT2D eigenvalue weighted by Gasteiger charge is 2.52. The summed E-state index contributed by atoms with van der Waals surface area (Å²) >= 11 is 0. The van der Waals surface area contributed by atoms with Gasteiger partial charge in [0.15, 0.2) is 12.4 Å². The number of alkyl carbamates (subject to hydrolysis) is 1. The van der Waals surface area contributed by atoms with E-state index < -0.39 is 47.3 Å². The lowest BCUT2D eigenvalue weighted by Gasteiger charge is -2.32. The normalized spacial score (nSPS) is 12.5. The van der Waals surface area contributed by atoms with Crippen LogP contribution in [0.3, 0.4) is 0 Å². The van der Waals surface area contributed by atoms with Gasteiger partial charge in [0.25, 0.3) is 17.4 Å². The molecule has 0 heterocycles. The van der Waals surface area contributed by atoms with Crippen molar-refractivity contribution in [3.63, 3.8) is 0 Å². The number of carbonyl (C=O) groups excluding carboxylic acids is 5. The molecule has 212 valence electrons. The summed E-state index contributed by atoms with van der Waals surface area (Å²) in [6.45, 7) is 7.83. The van der Waals surface area contributed by atoms with Crippen LogP contribution in [-0.2, 0) is 34.2 Å². The zero-order chi connectivity index (χ0) is 29.9. The van der Waals surface area contributed by atoms with Crippen molar-refractivity contribution in [2.75, 3.05) is 20.3 Å². The van der Waals surface area contributed by atoms with Crippen LogP contribution in [0.15, 0.2) is 66.7 Å². The van der Waals surface area contributed by atoms with Gasteiger partial charge in [0, 0.05) is 23.7 Å². The Morgan fingerprint density at radius 2 is 1.65 bits per heavy atom. The minimum atomic E-state index is -2.58. The van der Waals surface area contributed by atoms with E-state index in [4.69, 9.17) is 24.4 Å². The van der Waals surface area contributed by atoms with Gasteiger partial charge in [0.05, 0.1) is 12.6 Å². The maximum absolute atomic E-state index is 13.8. The molecule has 0 saturated heterocycles. The summed E-state index contributed by atoms with van der Waals surface area (Å²) < 4.78 is 20.5. The van der Waals surface area contributed by atoms with E-state index in [1.54, 1.807) is 13.0 Å². The quantitative estimate of drug-likeness (QED) is 0.0893. The monoisotopic (exact) mass is 553 g/mol. The molecule has 0 saturated carbocycles. The highest BCUT2D eigenvalue weighted by molar-refractivity contribution is 6.13. The number of ether oxygens (including phenoxy) is 4. The first-order valence-electron chi connectivity index (χ1n) is 12.1. The van der Waals surface area contributed by atoms with Crippen LogP contribution in [0.5, 0.6) is 5.75 Å². The zero-order valence-corrected chi connectivity index (χ0v) is 22.6. The lowest BCUT2D eigenvalue weighted by atomic mass is 9.91. The van der Waals surface area contributed by atoms with Crippen LogP contribution in [-0.4, -0.2) is 61.9 Å². The van der Waals surface area contributed by atoms with Crippen LogP contribution in [0.2, 0.25) is 0 Å². The number of nitrogens with one attached hydrogen (secondary N) is 3. The number of ketones is 1. The molecule has 12 heteroatoms. The van der Waals surface area contributed by atoms with Gasteiger partial charge in [-0.3, -0.25) is 15.0 Å². The van der Waals surface area contributed by atoms with Crippen LogP contribution < -0.4 is 15.4 Å². The third-order valence-corrected chi connectivity index (χ3v) is 5.35. The minimum absolute atomic E-state index is 0.0150. The number of amides is 2. The predicted octanol–water partition coefficient (Wildman–Crippen LogP) is 2.66. The Morgan fingerprint density at radius 1 is 1.02 bits per heavy atom. The van der Waals surface area contributed by atoms with Crippen molar-refractivity contribution in [1.29, 1.82) is 5.41 Å². The largest absolute Gasteiger partial charge is 0.482 e. The van der Waals surface area contributed by atoms with E-state index in [0.29, 0.717) is 5.75 Å². The van der Waals surface area contributed by atoms with E-state index in [1.165, 1.54) is 69.4 Å². The molecule has 0 aliphatic carbocycles. The molecule has 2 rings (SSSR count). The van der Waals surface area contributed by atoms with Crippen LogP contribution in [0, 0.1) is 5.41 Å². The first-order chi connectivity index (χ1) is 19.0. The molecule has 40 heavy (non-hydrogen) atoms. The first kappa shape index (κ1) is 31.2. The van der Waals surface area contributed by atoms with Gasteiger partial charge in [0.1, 0.15) is 5.75 Å². The molecular formula is C28H31N3O9. The van der Waals surface area contributed by atoms with Gasteiger partial charge in [-0.1, -0.05) is 36.9 Å². The molecule has 2 amide bonds. The minimum Gasteiger partial charge on any atom is -0.482 e. The second-order valence-electron chi connectivity index (χ2n) is 8.36. The molecule has 0 aliphatic heterocycles. The Bertz CT molecular complexity index is 1280. The highest BCUT2D eigenvalue weighted by Crippen LogP contribution is 2.30. The summed E-state index contributed by atoms with van der Waals surface area (Å²) in [5, 5.41) is 13.1. The second kappa shape index (κ2) is 14.2. The van der Waals surface area contributed by atoms with Gasteiger partial charge in [0.2, 0.25) is 0 Å². The van der Waals surface area contributed by atoms with E-state index >= 15 is 0 Å². The van der Waals surface area contributed by atoms with Crippen LogP contribution in [0.25, 0.3) is 0 Å². The molecule has 3 N–H and O–H groups in total. The summed E-state index contributed by atoms with van der Waals surface area (Å²) in [6.07, 6.45) is -1.08. The number of hydrogen-bond acceptors (Lipinski definition) is 10. The molecule has 0 bridgehead atoms. The van der Waals surface area contributed by atoms with Crippen LogP contribution in [0.4, 0.5) is 4.79 Å². The number of benzene rings is 2. The van der Waals surface area contributed by atoms with Crippen LogP contribution in [0.1, 0.15) is 36.7 Å². The van der Waals surface area contributed by atoms with E-state index in [9.17, 15) is 24.0 Å². The fraction of sp³-hybridized carbons (Fsp3) is 0.286. The summed E-state index contributed by atoms with van der Waals surface area (Å²) in [7, 11) is 1.24. The summed E-state index contributed by atoms with van der Waals surface area (Å²) in [6, 6.07) is 12.1. The molecule has 0 aromatic heterocycles. The smallest absolute Gasteiger partial charge is 0.413 e. The topological polar surface area (TPSA) is 170 Å². The first-order valence-corrected chi connectivity index (χ1v) is 12.1. The Kier molecular flexibility index (Phi) is 11.1. The van der Waals surface area contributed by atoms with E-state index in [-0.39, 0.29) is 29.9 Å². The van der Waals surface area contributed by atoms with Gasteiger partial charge in [-0.15, -0.1) is 0 Å². The molecule has 0 aliphatic rings. The molecule has 2 aromatic rings. The number of esters is 2. The Labute approximate surface area is 231 Å². The summed E-state index contributed by atoms with van der Waals surface area (Å²) in [4.78, 5) is 62.9. The van der Waals surface area contributed by atoms with Gasteiger partial charge in [-0.05, 0) is 45.0 Å². The van der Waals surface area contributed by atoms with Crippen molar-refractivity contribution in [3.05, 3.63) is 77.9 Å². The molecule has 0 radical (unpaired) electrons. The van der Waals surface area contributed by atoms with Crippen LogP contribution >= 0.6 is 0 Å².